The van der Waals surface area contributed by atoms with Crippen LogP contribution in [0, 0.1) is 10.4 Å². The minimum absolute atomic E-state index is 0.122. The van der Waals surface area contributed by atoms with Crippen molar-refractivity contribution in [3.63, 3.8) is 0 Å². The van der Waals surface area contributed by atoms with Gasteiger partial charge in [0.2, 0.25) is 0 Å². The summed E-state index contributed by atoms with van der Waals surface area (Å²) in [6.45, 7) is 4.75. The Kier molecular flexibility index (Phi) is 7.78. The van der Waals surface area contributed by atoms with Gasteiger partial charge in [-0.15, -0.1) is 0 Å². The van der Waals surface area contributed by atoms with Gasteiger partial charge in [-0.3, -0.25) is 0 Å². The van der Waals surface area contributed by atoms with Crippen LogP contribution < -0.4 is 15.8 Å². The Hall–Kier alpha value is -6.70. The first kappa shape index (κ1) is 32.9. The van der Waals surface area contributed by atoms with E-state index in [0.29, 0.717) is 0 Å². The van der Waals surface area contributed by atoms with Crippen LogP contribution in [0.4, 0.5) is 5.69 Å². The summed E-state index contributed by atoms with van der Waals surface area (Å²) in [6, 6.07) is 71.0. The molecule has 0 aromatic heterocycles. The maximum Gasteiger partial charge on any atom is 0.0720 e. The van der Waals surface area contributed by atoms with Crippen LogP contribution in [0.25, 0.3) is 34.5 Å². The highest BCUT2D eigenvalue weighted by Crippen LogP contribution is 2.62. The van der Waals surface area contributed by atoms with E-state index in [-0.39, 0.29) is 5.41 Å². The Balaban J connectivity index is 1.11. The van der Waals surface area contributed by atoms with Crippen LogP contribution in [0.15, 0.2) is 194 Å². The second-order valence-corrected chi connectivity index (χ2v) is 15.4. The summed E-state index contributed by atoms with van der Waals surface area (Å²) < 4.78 is 0. The molecule has 1 spiro atoms. The molecule has 0 fully saturated rings. The zero-order valence-corrected chi connectivity index (χ0v) is 31.1. The average Bonchev–Trinajstić information content (AvgIpc) is 3.53. The van der Waals surface area contributed by atoms with E-state index in [1.807, 2.05) is 0 Å². The lowest BCUT2D eigenvalue weighted by Crippen LogP contribution is -2.40. The standard InChI is InChI=1S/C54H41N/c1-53(2)48-24-12-14-26-50(48)54(51-27-15-13-25-49(51)53)47-23-11-10-22-45(47)46-33-32-42(35-52(46)54)55-36-41-19-7-9-21-44(41)43-20-8-6-18-40(43)34-37-28-30-39(31-29-37)38-16-4-3-5-17-38/h3-36,55H,1-2H3/b40-34-,41-36+,44-43-. The molecule has 0 saturated heterocycles. The van der Waals surface area contributed by atoms with Crippen molar-refractivity contribution in [1.29, 1.82) is 0 Å². The molecular weight excluding hydrogens is 663 g/mol. The SMILES string of the molecule is CC1(C)c2ccccc2C2(c3ccccc3-c3ccc(N\C=c4/cccc/c4=c4\cccc\c4=C\c4ccc(-c5ccccc5)cc4)cc32)c2ccccc21. The maximum absolute atomic E-state index is 3.77. The summed E-state index contributed by atoms with van der Waals surface area (Å²) in [6.07, 6.45) is 4.45. The van der Waals surface area contributed by atoms with Gasteiger partial charge in [0.15, 0.2) is 0 Å². The molecular formula is C54H41N. The van der Waals surface area contributed by atoms with Gasteiger partial charge in [0, 0.05) is 17.3 Å². The van der Waals surface area contributed by atoms with Gasteiger partial charge in [0.1, 0.15) is 0 Å². The molecule has 0 saturated carbocycles. The molecule has 2 aliphatic carbocycles. The number of hydrogen-bond acceptors (Lipinski definition) is 1. The molecule has 0 heterocycles. The first-order chi connectivity index (χ1) is 27.0. The molecule has 0 aliphatic heterocycles. The van der Waals surface area contributed by atoms with Crippen molar-refractivity contribution >= 4 is 18.0 Å². The molecule has 8 aromatic rings. The Morgan fingerprint density at radius 2 is 0.909 bits per heavy atom. The summed E-state index contributed by atoms with van der Waals surface area (Å²) >= 11 is 0. The molecule has 55 heavy (non-hydrogen) atoms. The van der Waals surface area contributed by atoms with E-state index in [1.54, 1.807) is 0 Å². The first-order valence-corrected chi connectivity index (χ1v) is 19.3. The molecule has 1 nitrogen and oxygen atoms in total. The molecule has 0 amide bonds. The maximum atomic E-state index is 3.77. The molecule has 2 aliphatic rings. The fraction of sp³-hybridized carbons (Fsp3) is 0.0741. The molecule has 1 N–H and O–H groups in total. The van der Waals surface area contributed by atoms with Crippen molar-refractivity contribution in [3.05, 3.63) is 254 Å². The number of nitrogens with one attached hydrogen (secondary N) is 1. The molecule has 0 unspecified atom stereocenters. The number of hydrogen-bond donors (Lipinski definition) is 1. The zero-order chi connectivity index (χ0) is 37.0. The molecule has 8 aromatic carbocycles. The third kappa shape index (κ3) is 5.22. The van der Waals surface area contributed by atoms with E-state index in [1.165, 1.54) is 76.9 Å². The fourth-order valence-corrected chi connectivity index (χ4v) is 9.43. The fourth-order valence-electron chi connectivity index (χ4n) is 9.43. The van der Waals surface area contributed by atoms with E-state index in [4.69, 9.17) is 0 Å². The van der Waals surface area contributed by atoms with Crippen LogP contribution in [-0.4, -0.2) is 0 Å². The number of rotatable bonds is 4. The van der Waals surface area contributed by atoms with Gasteiger partial charge in [-0.05, 0) is 100 Å². The van der Waals surface area contributed by atoms with Crippen LogP contribution in [0.2, 0.25) is 0 Å². The Bertz CT molecular complexity index is 2920. The van der Waals surface area contributed by atoms with Gasteiger partial charge in [-0.2, -0.15) is 0 Å². The monoisotopic (exact) mass is 703 g/mol. The predicted molar refractivity (Wildman–Crippen MR) is 229 cm³/mol. The van der Waals surface area contributed by atoms with Crippen LogP contribution in [0.1, 0.15) is 52.8 Å². The quantitative estimate of drug-likeness (QED) is 0.192. The van der Waals surface area contributed by atoms with Crippen molar-refractivity contribution in [2.75, 3.05) is 5.32 Å². The van der Waals surface area contributed by atoms with Crippen molar-refractivity contribution < 1.29 is 0 Å². The lowest BCUT2D eigenvalue weighted by Gasteiger charge is -2.46. The van der Waals surface area contributed by atoms with Gasteiger partial charge in [-0.1, -0.05) is 196 Å². The Morgan fingerprint density at radius 1 is 0.400 bits per heavy atom. The van der Waals surface area contributed by atoms with E-state index >= 15 is 0 Å². The van der Waals surface area contributed by atoms with Crippen molar-refractivity contribution in [2.45, 2.75) is 24.7 Å². The van der Waals surface area contributed by atoms with Crippen LogP contribution in [-0.2, 0) is 10.8 Å². The minimum Gasteiger partial charge on any atom is -0.361 e. The van der Waals surface area contributed by atoms with Crippen LogP contribution >= 0.6 is 0 Å². The summed E-state index contributed by atoms with van der Waals surface area (Å²) in [5, 5.41) is 8.47. The number of benzene rings is 8. The second-order valence-electron chi connectivity index (χ2n) is 15.4. The zero-order valence-electron chi connectivity index (χ0n) is 31.1. The molecule has 0 bridgehead atoms. The largest absolute Gasteiger partial charge is 0.361 e. The summed E-state index contributed by atoms with van der Waals surface area (Å²) in [4.78, 5) is 0. The summed E-state index contributed by atoms with van der Waals surface area (Å²) in [5.74, 6) is 0. The summed E-state index contributed by atoms with van der Waals surface area (Å²) in [7, 11) is 0. The third-order valence-electron chi connectivity index (χ3n) is 12.0. The van der Waals surface area contributed by atoms with E-state index in [0.717, 1.165) is 10.9 Å². The minimum atomic E-state index is -0.418. The normalized spacial score (nSPS) is 15.5. The van der Waals surface area contributed by atoms with Gasteiger partial charge in [0.05, 0.1) is 5.41 Å². The molecule has 0 atom stereocenters. The highest BCUT2D eigenvalue weighted by atomic mass is 14.8. The molecule has 0 radical (unpaired) electrons. The van der Waals surface area contributed by atoms with E-state index < -0.39 is 5.41 Å². The van der Waals surface area contributed by atoms with E-state index in [2.05, 4.69) is 226 Å². The highest BCUT2D eigenvalue weighted by molar-refractivity contribution is 5.89. The van der Waals surface area contributed by atoms with Crippen molar-refractivity contribution in [2.24, 2.45) is 0 Å². The van der Waals surface area contributed by atoms with Crippen LogP contribution in [0.5, 0.6) is 0 Å². The van der Waals surface area contributed by atoms with Gasteiger partial charge >= 0.3 is 0 Å². The number of fused-ring (bicyclic) bond motifs is 9. The lowest BCUT2D eigenvalue weighted by molar-refractivity contribution is 0.563. The molecule has 1 heteroatoms. The lowest BCUT2D eigenvalue weighted by atomic mass is 9.55. The predicted octanol–water partition coefficient (Wildman–Crippen LogP) is 11.3. The van der Waals surface area contributed by atoms with E-state index in [9.17, 15) is 0 Å². The average molecular weight is 704 g/mol. The topological polar surface area (TPSA) is 12.0 Å². The van der Waals surface area contributed by atoms with Gasteiger partial charge < -0.3 is 5.32 Å². The third-order valence-corrected chi connectivity index (χ3v) is 12.0. The van der Waals surface area contributed by atoms with Gasteiger partial charge in [0.25, 0.3) is 0 Å². The van der Waals surface area contributed by atoms with Crippen molar-refractivity contribution in [1.82, 2.24) is 0 Å². The van der Waals surface area contributed by atoms with Gasteiger partial charge in [-0.25, -0.2) is 0 Å². The Labute approximate surface area is 322 Å². The first-order valence-electron chi connectivity index (χ1n) is 19.3. The Morgan fingerprint density at radius 3 is 1.60 bits per heavy atom. The molecule has 262 valence electrons. The van der Waals surface area contributed by atoms with Crippen LogP contribution in [0.3, 0.4) is 0 Å². The van der Waals surface area contributed by atoms with Crippen molar-refractivity contribution in [3.8, 4) is 22.3 Å². The highest BCUT2D eigenvalue weighted by Gasteiger charge is 2.53. The second kappa shape index (κ2) is 13.0. The smallest absolute Gasteiger partial charge is 0.0720 e. The number of anilines is 1. The summed E-state index contributed by atoms with van der Waals surface area (Å²) in [5.41, 5.74) is 15.0. The molecule has 10 rings (SSSR count).